The molecule has 220 valence electrons. The second kappa shape index (κ2) is 10.3. The summed E-state index contributed by atoms with van der Waals surface area (Å²) in [7, 11) is 0. The van der Waals surface area contributed by atoms with Crippen molar-refractivity contribution in [1.29, 1.82) is 5.26 Å². The topological polar surface area (TPSA) is 175 Å². The SMILES string of the molecule is CC(C)N(C[C@H]1O[C@@H](n2cnc3c(N)ncnc32)[C@H](O)[C@H]1O)C1CC(CCc2nc3cc(C4(C#N)CC4)ccc3[nH]2)C1. The summed E-state index contributed by atoms with van der Waals surface area (Å²) in [4.78, 5) is 23.2. The number of ether oxygens (including phenoxy) is 1. The van der Waals surface area contributed by atoms with Crippen LogP contribution in [0.5, 0.6) is 0 Å². The van der Waals surface area contributed by atoms with Gasteiger partial charge in [0.1, 0.15) is 36.0 Å². The van der Waals surface area contributed by atoms with Crippen LogP contribution in [0.4, 0.5) is 5.82 Å². The summed E-state index contributed by atoms with van der Waals surface area (Å²) < 4.78 is 7.85. The Morgan fingerprint density at radius 3 is 2.76 bits per heavy atom. The Balaban J connectivity index is 0.957. The molecular formula is C30H37N9O3. The maximum absolute atomic E-state index is 10.9. The minimum absolute atomic E-state index is 0.255. The number of nitrogens with one attached hydrogen (secondary N) is 1. The highest BCUT2D eigenvalue weighted by Gasteiger charge is 2.47. The van der Waals surface area contributed by atoms with Gasteiger partial charge in [-0.3, -0.25) is 9.47 Å². The van der Waals surface area contributed by atoms with Crippen LogP contribution in [0.25, 0.3) is 22.2 Å². The van der Waals surface area contributed by atoms with Crippen molar-refractivity contribution in [3.05, 3.63) is 42.2 Å². The fourth-order valence-electron chi connectivity index (χ4n) is 6.77. The molecule has 2 aliphatic carbocycles. The van der Waals surface area contributed by atoms with Crippen LogP contribution < -0.4 is 5.73 Å². The van der Waals surface area contributed by atoms with E-state index in [1.54, 1.807) is 4.57 Å². The molecule has 4 heterocycles. The number of H-pyrrole nitrogens is 1. The maximum Gasteiger partial charge on any atom is 0.167 e. The fraction of sp³-hybridized carbons (Fsp3) is 0.567. The van der Waals surface area contributed by atoms with Gasteiger partial charge in [-0.1, -0.05) is 6.07 Å². The van der Waals surface area contributed by atoms with E-state index < -0.39 is 24.5 Å². The quantitative estimate of drug-likeness (QED) is 0.234. The average Bonchev–Trinajstić information content (AvgIpc) is 3.33. The van der Waals surface area contributed by atoms with Crippen molar-refractivity contribution in [3.63, 3.8) is 0 Å². The first kappa shape index (κ1) is 27.2. The first-order valence-electron chi connectivity index (χ1n) is 14.9. The summed E-state index contributed by atoms with van der Waals surface area (Å²) in [6, 6.07) is 9.31. The van der Waals surface area contributed by atoms with Gasteiger partial charge < -0.3 is 25.7 Å². The zero-order chi connectivity index (χ0) is 29.2. The Kier molecular flexibility index (Phi) is 6.66. The van der Waals surface area contributed by atoms with Crippen molar-refractivity contribution in [1.82, 2.24) is 34.4 Å². The maximum atomic E-state index is 10.9. The molecule has 0 radical (unpaired) electrons. The first-order chi connectivity index (χ1) is 20.3. The Bertz CT molecular complexity index is 1650. The van der Waals surface area contributed by atoms with Crippen LogP contribution in [0.15, 0.2) is 30.9 Å². The van der Waals surface area contributed by atoms with Gasteiger partial charge in [0.05, 0.1) is 28.8 Å². The lowest BCUT2D eigenvalue weighted by atomic mass is 9.76. The molecule has 1 saturated heterocycles. The largest absolute Gasteiger partial charge is 0.387 e. The molecule has 42 heavy (non-hydrogen) atoms. The minimum atomic E-state index is -1.12. The van der Waals surface area contributed by atoms with E-state index in [4.69, 9.17) is 15.5 Å². The summed E-state index contributed by atoms with van der Waals surface area (Å²) in [5.41, 5.74) is 9.57. The third-order valence-electron chi connectivity index (χ3n) is 9.57. The standard InChI is InChI=1S/C30H37N9O3/c1-16(2)38(12-22-25(40)26(41)29(42-22)39-15-35-24-27(32)33-14-34-28(24)39)19-9-17(10-19)3-6-23-36-20-5-4-18(11-21(20)37-23)30(13-31)7-8-30/h4-5,11,14-17,19,22,25-26,29,40-41H,3,6-10,12H2,1-2H3,(H,36,37)(H2,32,33,34)/t17?,19?,22-,25+,26-,29-/m1/s1. The highest BCUT2D eigenvalue weighted by Crippen LogP contribution is 2.48. The van der Waals surface area contributed by atoms with E-state index >= 15 is 0 Å². The highest BCUT2D eigenvalue weighted by atomic mass is 16.6. The lowest BCUT2D eigenvalue weighted by molar-refractivity contribution is -0.0620. The van der Waals surface area contributed by atoms with Crippen LogP contribution in [0.2, 0.25) is 0 Å². The van der Waals surface area contributed by atoms with Gasteiger partial charge in [-0.15, -0.1) is 0 Å². The molecular weight excluding hydrogens is 534 g/mol. The van der Waals surface area contributed by atoms with Gasteiger partial charge in [0.2, 0.25) is 0 Å². The normalized spacial score (nSPS) is 28.5. The van der Waals surface area contributed by atoms with E-state index in [-0.39, 0.29) is 17.3 Å². The Labute approximate surface area is 243 Å². The number of benzene rings is 1. The van der Waals surface area contributed by atoms with Crippen LogP contribution in [0.1, 0.15) is 63.6 Å². The smallest absolute Gasteiger partial charge is 0.167 e. The number of nitrogens with zero attached hydrogens (tertiary/aromatic N) is 7. The molecule has 1 aromatic carbocycles. The summed E-state index contributed by atoms with van der Waals surface area (Å²) in [5, 5.41) is 31.4. The lowest BCUT2D eigenvalue weighted by Crippen LogP contribution is -2.52. The Morgan fingerprint density at radius 1 is 1.21 bits per heavy atom. The predicted molar refractivity (Wildman–Crippen MR) is 155 cm³/mol. The molecule has 0 bridgehead atoms. The van der Waals surface area contributed by atoms with E-state index in [1.807, 2.05) is 0 Å². The molecule has 1 aliphatic heterocycles. The van der Waals surface area contributed by atoms with Gasteiger partial charge in [0.25, 0.3) is 0 Å². The number of anilines is 1. The number of hydrogen-bond donors (Lipinski definition) is 4. The Hall–Kier alpha value is -3.63. The number of nitrogens with two attached hydrogens (primary N) is 1. The molecule has 0 amide bonds. The number of aliphatic hydroxyl groups is 2. The number of aromatic amines is 1. The number of imidazole rings is 2. The molecule has 0 unspecified atom stereocenters. The molecule has 5 N–H and O–H groups in total. The zero-order valence-electron chi connectivity index (χ0n) is 23.9. The number of nitrogen functional groups attached to an aromatic ring is 1. The average molecular weight is 572 g/mol. The van der Waals surface area contributed by atoms with E-state index in [1.165, 1.54) is 12.7 Å². The fourth-order valence-corrected chi connectivity index (χ4v) is 6.77. The second-order valence-electron chi connectivity index (χ2n) is 12.6. The highest BCUT2D eigenvalue weighted by molar-refractivity contribution is 5.81. The second-order valence-corrected chi connectivity index (χ2v) is 12.6. The number of aromatic nitrogens is 6. The van der Waals surface area contributed by atoms with Gasteiger partial charge >= 0.3 is 0 Å². The molecule has 4 atom stereocenters. The molecule has 12 heteroatoms. The number of fused-ring (bicyclic) bond motifs is 2. The summed E-state index contributed by atoms with van der Waals surface area (Å²) in [6.45, 7) is 4.84. The minimum Gasteiger partial charge on any atom is -0.387 e. The van der Waals surface area contributed by atoms with Crippen molar-refractivity contribution in [2.75, 3.05) is 12.3 Å². The van der Waals surface area contributed by atoms with Crippen LogP contribution in [0.3, 0.4) is 0 Å². The molecule has 3 aromatic heterocycles. The number of rotatable bonds is 9. The monoisotopic (exact) mass is 571 g/mol. The molecule has 0 spiro atoms. The zero-order valence-corrected chi connectivity index (χ0v) is 23.9. The van der Waals surface area contributed by atoms with E-state index in [9.17, 15) is 15.5 Å². The van der Waals surface area contributed by atoms with Crippen LogP contribution in [-0.4, -0.2) is 81.5 Å². The van der Waals surface area contributed by atoms with Gasteiger partial charge in [-0.05, 0) is 69.6 Å². The lowest BCUT2D eigenvalue weighted by Gasteiger charge is -2.46. The summed E-state index contributed by atoms with van der Waals surface area (Å²) in [6.07, 6.45) is 5.29. The van der Waals surface area contributed by atoms with E-state index in [0.29, 0.717) is 29.7 Å². The van der Waals surface area contributed by atoms with Gasteiger partial charge in [0, 0.05) is 25.0 Å². The molecule has 3 fully saturated rings. The van der Waals surface area contributed by atoms with E-state index in [0.717, 1.165) is 60.9 Å². The van der Waals surface area contributed by atoms with Crippen LogP contribution >= 0.6 is 0 Å². The van der Waals surface area contributed by atoms with Gasteiger partial charge in [-0.2, -0.15) is 5.26 Å². The third kappa shape index (κ3) is 4.61. The molecule has 12 nitrogen and oxygen atoms in total. The number of hydrogen-bond acceptors (Lipinski definition) is 10. The van der Waals surface area contributed by atoms with Crippen molar-refractivity contribution in [2.45, 2.75) is 94.4 Å². The van der Waals surface area contributed by atoms with Crippen molar-refractivity contribution >= 4 is 28.0 Å². The van der Waals surface area contributed by atoms with Gasteiger partial charge in [0.15, 0.2) is 17.7 Å². The predicted octanol–water partition coefficient (Wildman–Crippen LogP) is 2.58. The first-order valence-corrected chi connectivity index (χ1v) is 14.9. The van der Waals surface area contributed by atoms with Gasteiger partial charge in [-0.25, -0.2) is 19.9 Å². The van der Waals surface area contributed by atoms with Crippen LogP contribution in [-0.2, 0) is 16.6 Å². The molecule has 2 saturated carbocycles. The Morgan fingerprint density at radius 2 is 2.02 bits per heavy atom. The van der Waals surface area contributed by atoms with E-state index in [2.05, 4.69) is 63.0 Å². The van der Waals surface area contributed by atoms with Crippen molar-refractivity contribution < 1.29 is 14.9 Å². The molecule has 4 aromatic rings. The molecule has 3 aliphatic rings. The number of aryl methyl sites for hydroxylation is 1. The van der Waals surface area contributed by atoms with Crippen molar-refractivity contribution in [2.24, 2.45) is 5.92 Å². The molecule has 7 rings (SSSR count). The number of aliphatic hydroxyl groups excluding tert-OH is 2. The number of nitriles is 1. The van der Waals surface area contributed by atoms with Crippen molar-refractivity contribution in [3.8, 4) is 6.07 Å². The summed E-state index contributed by atoms with van der Waals surface area (Å²) in [5.74, 6) is 1.85. The third-order valence-corrected chi connectivity index (χ3v) is 9.57. The summed E-state index contributed by atoms with van der Waals surface area (Å²) >= 11 is 0. The van der Waals surface area contributed by atoms with Crippen LogP contribution in [0, 0.1) is 17.2 Å².